The van der Waals surface area contributed by atoms with E-state index in [1.807, 2.05) is 0 Å². The van der Waals surface area contributed by atoms with Crippen LogP contribution in [0.3, 0.4) is 0 Å². The fourth-order valence-corrected chi connectivity index (χ4v) is 3.40. The maximum Gasteiger partial charge on any atom is 0.426 e. The normalized spacial score (nSPS) is 15.3. The van der Waals surface area contributed by atoms with Crippen molar-refractivity contribution in [3.8, 4) is 11.5 Å². The zero-order chi connectivity index (χ0) is 19.8. The summed E-state index contributed by atoms with van der Waals surface area (Å²) in [4.78, 5) is 12.6. The van der Waals surface area contributed by atoms with Gasteiger partial charge in [0.2, 0.25) is 6.10 Å². The Morgan fingerprint density at radius 3 is 2.00 bits per heavy atom. The molecule has 1 atom stereocenters. The third kappa shape index (κ3) is 4.22. The lowest BCUT2D eigenvalue weighted by Gasteiger charge is -2.28. The van der Waals surface area contributed by atoms with Crippen LogP contribution in [0.2, 0.25) is 0 Å². The van der Waals surface area contributed by atoms with Crippen LogP contribution in [0.4, 0.5) is 13.2 Å². The fourth-order valence-electron chi connectivity index (χ4n) is 2.76. The Morgan fingerprint density at radius 2 is 1.56 bits per heavy atom. The van der Waals surface area contributed by atoms with E-state index < -0.39 is 40.0 Å². The van der Waals surface area contributed by atoms with Crippen molar-refractivity contribution in [3.63, 3.8) is 0 Å². The van der Waals surface area contributed by atoms with Gasteiger partial charge in [0.1, 0.15) is 23.2 Å². The molecule has 0 saturated carbocycles. The smallest absolute Gasteiger partial charge is 0.426 e. The Hall–Kier alpha value is -2.59. The van der Waals surface area contributed by atoms with E-state index in [1.165, 1.54) is 12.1 Å². The van der Waals surface area contributed by atoms with E-state index in [2.05, 4.69) is 4.74 Å². The molecule has 1 unspecified atom stereocenters. The Bertz CT molecular complexity index is 925. The molecule has 0 radical (unpaired) electrons. The van der Waals surface area contributed by atoms with Gasteiger partial charge in [-0.25, -0.2) is 0 Å². The number of fused-ring (bicyclic) bond motifs is 2. The Morgan fingerprint density at radius 1 is 1.07 bits per heavy atom. The molecule has 1 aliphatic rings. The highest BCUT2D eigenvalue weighted by molar-refractivity contribution is 7.85. The van der Waals surface area contributed by atoms with E-state index in [1.54, 1.807) is 36.4 Å². The van der Waals surface area contributed by atoms with Crippen molar-refractivity contribution >= 4 is 16.1 Å². The van der Waals surface area contributed by atoms with Crippen molar-refractivity contribution in [1.29, 1.82) is 0 Å². The van der Waals surface area contributed by atoms with Crippen LogP contribution < -0.4 is 4.74 Å². The van der Waals surface area contributed by atoms with E-state index in [0.29, 0.717) is 0 Å². The van der Waals surface area contributed by atoms with Crippen LogP contribution in [0.5, 0.6) is 11.5 Å². The molecule has 6 nitrogen and oxygen atoms in total. The van der Waals surface area contributed by atoms with Crippen LogP contribution >= 0.6 is 0 Å². The van der Waals surface area contributed by atoms with E-state index in [4.69, 9.17) is 9.29 Å². The van der Waals surface area contributed by atoms with Crippen molar-refractivity contribution in [3.05, 3.63) is 59.7 Å². The number of halogens is 3. The first-order valence-electron chi connectivity index (χ1n) is 7.64. The summed E-state index contributed by atoms with van der Waals surface area (Å²) in [6.45, 7) is 0. The van der Waals surface area contributed by atoms with Crippen LogP contribution in [-0.4, -0.2) is 37.0 Å². The molecule has 0 bridgehead atoms. The molecule has 0 saturated heterocycles. The molecule has 0 amide bonds. The predicted molar refractivity (Wildman–Crippen MR) is 87.2 cm³/mol. The first kappa shape index (κ1) is 19.2. The van der Waals surface area contributed by atoms with Crippen LogP contribution in [0.25, 0.3) is 0 Å². The first-order chi connectivity index (χ1) is 12.6. The van der Waals surface area contributed by atoms with Crippen LogP contribution in [0, 0.1) is 0 Å². The minimum atomic E-state index is -5.17. The summed E-state index contributed by atoms with van der Waals surface area (Å²) in [5, 5.41) is 0. The second-order valence-corrected chi connectivity index (χ2v) is 7.32. The van der Waals surface area contributed by atoms with Gasteiger partial charge >= 0.3 is 12.1 Å². The zero-order valence-electron chi connectivity index (χ0n) is 13.5. The summed E-state index contributed by atoms with van der Waals surface area (Å²) in [5.41, 5.74) is 0.572. The summed E-state index contributed by atoms with van der Waals surface area (Å²) < 4.78 is 79.9. The molecule has 0 spiro atoms. The quantitative estimate of drug-likeness (QED) is 0.624. The van der Waals surface area contributed by atoms with E-state index in [9.17, 15) is 26.4 Å². The van der Waals surface area contributed by atoms with Crippen molar-refractivity contribution in [2.45, 2.75) is 18.2 Å². The molecule has 0 fully saturated rings. The lowest BCUT2D eigenvalue weighted by Crippen LogP contribution is -2.40. The van der Waals surface area contributed by atoms with E-state index >= 15 is 0 Å². The SMILES string of the molecule is O=C(OC(CS(=O)(=O)O)C(F)(F)F)C1c2ccccc2Oc2ccccc21. The van der Waals surface area contributed by atoms with Gasteiger partial charge in [-0.2, -0.15) is 21.6 Å². The zero-order valence-corrected chi connectivity index (χ0v) is 14.3. The molecule has 3 rings (SSSR count). The van der Waals surface area contributed by atoms with Gasteiger partial charge < -0.3 is 9.47 Å². The second-order valence-electron chi connectivity index (χ2n) is 5.83. The van der Waals surface area contributed by atoms with Crippen molar-refractivity contribution in [2.24, 2.45) is 0 Å². The van der Waals surface area contributed by atoms with Crippen molar-refractivity contribution < 1.29 is 40.4 Å². The van der Waals surface area contributed by atoms with Crippen molar-refractivity contribution in [1.82, 2.24) is 0 Å². The average molecular weight is 402 g/mol. The highest BCUT2D eigenvalue weighted by Crippen LogP contribution is 2.44. The van der Waals surface area contributed by atoms with Crippen LogP contribution in [0.15, 0.2) is 48.5 Å². The summed E-state index contributed by atoms with van der Waals surface area (Å²) in [7, 11) is -5.03. The molecule has 1 heterocycles. The van der Waals surface area contributed by atoms with Crippen LogP contribution in [0.1, 0.15) is 17.0 Å². The molecule has 27 heavy (non-hydrogen) atoms. The number of carbonyl (C=O) groups is 1. The standard InChI is InChI=1S/C17H13F3O6S/c18-17(19,20)14(9-27(22,23)24)26-16(21)15-10-5-1-3-7-12(10)25-13-8-4-2-6-11(13)15/h1-8,14-15H,9H2,(H,22,23,24). The number of hydrogen-bond acceptors (Lipinski definition) is 5. The third-order valence-corrected chi connectivity index (χ3v) is 4.63. The number of carbonyl (C=O) groups excluding carboxylic acids is 1. The van der Waals surface area contributed by atoms with Gasteiger partial charge in [0.15, 0.2) is 0 Å². The van der Waals surface area contributed by atoms with E-state index in [0.717, 1.165) is 0 Å². The molecule has 144 valence electrons. The number of esters is 1. The largest absolute Gasteiger partial charge is 0.457 e. The van der Waals surface area contributed by atoms with Gasteiger partial charge in [-0.3, -0.25) is 9.35 Å². The summed E-state index contributed by atoms with van der Waals surface area (Å²) in [6, 6.07) is 12.5. The van der Waals surface area contributed by atoms with Gasteiger partial charge in [-0.05, 0) is 12.1 Å². The Kier molecular flexibility index (Phi) is 4.87. The average Bonchev–Trinajstić information content (AvgIpc) is 2.57. The number of para-hydroxylation sites is 2. The highest BCUT2D eigenvalue weighted by Gasteiger charge is 2.47. The van der Waals surface area contributed by atoms with E-state index in [-0.39, 0.29) is 22.6 Å². The second kappa shape index (κ2) is 6.86. The van der Waals surface area contributed by atoms with Gasteiger partial charge in [0.25, 0.3) is 10.1 Å². The number of alkyl halides is 3. The van der Waals surface area contributed by atoms with Crippen LogP contribution in [-0.2, 0) is 19.6 Å². The number of benzene rings is 2. The monoisotopic (exact) mass is 402 g/mol. The fraction of sp³-hybridized carbons (Fsp3) is 0.235. The first-order valence-corrected chi connectivity index (χ1v) is 9.25. The molecule has 2 aromatic rings. The minimum absolute atomic E-state index is 0.275. The minimum Gasteiger partial charge on any atom is -0.457 e. The molecular weight excluding hydrogens is 389 g/mol. The predicted octanol–water partition coefficient (Wildman–Crippen LogP) is 3.29. The molecule has 0 aliphatic carbocycles. The summed E-state index contributed by atoms with van der Waals surface area (Å²) in [5.74, 6) is -3.77. The number of ether oxygens (including phenoxy) is 2. The molecule has 1 aliphatic heterocycles. The summed E-state index contributed by atoms with van der Waals surface area (Å²) >= 11 is 0. The van der Waals surface area contributed by atoms with Gasteiger partial charge in [-0.1, -0.05) is 36.4 Å². The molecule has 1 N–H and O–H groups in total. The van der Waals surface area contributed by atoms with Gasteiger partial charge in [0.05, 0.1) is 0 Å². The number of hydrogen-bond donors (Lipinski definition) is 1. The Balaban J connectivity index is 1.99. The lowest BCUT2D eigenvalue weighted by molar-refractivity contribution is -0.215. The van der Waals surface area contributed by atoms with Crippen molar-refractivity contribution in [2.75, 3.05) is 5.75 Å². The Labute approximate surface area is 152 Å². The molecule has 10 heteroatoms. The van der Waals surface area contributed by atoms with Gasteiger partial charge in [-0.15, -0.1) is 0 Å². The maximum atomic E-state index is 13.1. The topological polar surface area (TPSA) is 89.9 Å². The highest BCUT2D eigenvalue weighted by atomic mass is 32.2. The molecule has 2 aromatic carbocycles. The lowest BCUT2D eigenvalue weighted by atomic mass is 9.88. The molecular formula is C17H13F3O6S. The number of rotatable bonds is 4. The third-order valence-electron chi connectivity index (χ3n) is 3.90. The molecule has 0 aromatic heterocycles. The summed E-state index contributed by atoms with van der Waals surface area (Å²) in [6.07, 6.45) is -8.17. The maximum absolute atomic E-state index is 13.1. The van der Waals surface area contributed by atoms with Gasteiger partial charge in [0, 0.05) is 11.1 Å².